The van der Waals surface area contributed by atoms with Gasteiger partial charge in [0.05, 0.1) is 11.4 Å². The van der Waals surface area contributed by atoms with Gasteiger partial charge in [0.1, 0.15) is 11.9 Å². The molecule has 6 nitrogen and oxygen atoms in total. The number of halogens is 1. The lowest BCUT2D eigenvalue weighted by atomic mass is 10.0. The van der Waals surface area contributed by atoms with Crippen LogP contribution in [0.4, 0.5) is 11.6 Å². The highest BCUT2D eigenvalue weighted by molar-refractivity contribution is 6.28. The molecule has 0 aliphatic heterocycles. The van der Waals surface area contributed by atoms with Crippen molar-refractivity contribution in [3.8, 4) is 0 Å². The molecular formula is C12H14ClN5O. The molecule has 0 fully saturated rings. The van der Waals surface area contributed by atoms with Gasteiger partial charge < -0.3 is 10.4 Å². The van der Waals surface area contributed by atoms with Crippen molar-refractivity contribution in [2.45, 2.75) is 26.4 Å². The summed E-state index contributed by atoms with van der Waals surface area (Å²) in [5.74, 6) is 0.302. The molecule has 0 saturated carbocycles. The number of nitrogens with one attached hydrogen (secondary N) is 1. The van der Waals surface area contributed by atoms with Gasteiger partial charge in [0.2, 0.25) is 11.2 Å². The highest BCUT2D eigenvalue weighted by Crippen LogP contribution is 2.27. The lowest BCUT2D eigenvalue weighted by molar-refractivity contribution is 0.0745. The van der Waals surface area contributed by atoms with Crippen molar-refractivity contribution >= 4 is 23.2 Å². The van der Waals surface area contributed by atoms with E-state index in [0.717, 1.165) is 5.69 Å². The van der Waals surface area contributed by atoms with Crippen LogP contribution >= 0.6 is 11.6 Å². The van der Waals surface area contributed by atoms with E-state index in [2.05, 4.69) is 25.3 Å². The van der Waals surface area contributed by atoms with Crippen molar-refractivity contribution in [2.24, 2.45) is 0 Å². The maximum absolute atomic E-state index is 10.1. The van der Waals surface area contributed by atoms with Gasteiger partial charge in [-0.1, -0.05) is 0 Å². The molecule has 0 aliphatic carbocycles. The Hall–Kier alpha value is -1.79. The Labute approximate surface area is 115 Å². The molecule has 0 amide bonds. The summed E-state index contributed by atoms with van der Waals surface area (Å²) >= 11 is 5.70. The average molecular weight is 280 g/mol. The molecule has 0 spiro atoms. The lowest BCUT2D eigenvalue weighted by Crippen LogP contribution is -2.20. The summed E-state index contributed by atoms with van der Waals surface area (Å²) in [7, 11) is 0. The second-order valence-corrected chi connectivity index (χ2v) is 4.95. The topological polar surface area (TPSA) is 83.8 Å². The Balaban J connectivity index is 2.40. The van der Waals surface area contributed by atoms with Crippen LogP contribution in [0.5, 0.6) is 0 Å². The van der Waals surface area contributed by atoms with E-state index in [1.807, 2.05) is 19.1 Å². The Morgan fingerprint density at radius 3 is 2.58 bits per heavy atom. The summed E-state index contributed by atoms with van der Waals surface area (Å²) in [6.07, 6.45) is 1.31. The SMILES string of the molecule is Cc1ccc(Nc2ncnc(Cl)n2)c(C(C)(C)O)n1. The minimum absolute atomic E-state index is 0.0994. The molecule has 2 aromatic rings. The number of hydrogen-bond acceptors (Lipinski definition) is 6. The number of anilines is 2. The van der Waals surface area contributed by atoms with Gasteiger partial charge >= 0.3 is 0 Å². The van der Waals surface area contributed by atoms with Crippen molar-refractivity contribution in [1.82, 2.24) is 19.9 Å². The molecule has 19 heavy (non-hydrogen) atoms. The van der Waals surface area contributed by atoms with Crippen molar-refractivity contribution < 1.29 is 5.11 Å². The number of rotatable bonds is 3. The van der Waals surface area contributed by atoms with Crippen LogP contribution in [0, 0.1) is 6.92 Å². The largest absolute Gasteiger partial charge is 0.384 e. The highest BCUT2D eigenvalue weighted by Gasteiger charge is 2.22. The Kier molecular flexibility index (Phi) is 3.64. The fourth-order valence-electron chi connectivity index (χ4n) is 1.58. The molecule has 0 saturated heterocycles. The second-order valence-electron chi connectivity index (χ2n) is 4.61. The summed E-state index contributed by atoms with van der Waals surface area (Å²) in [6, 6.07) is 3.65. The molecule has 0 aliphatic rings. The predicted octanol–water partition coefficient (Wildman–Crippen LogP) is 2.20. The van der Waals surface area contributed by atoms with E-state index >= 15 is 0 Å². The molecule has 0 aromatic carbocycles. The summed E-state index contributed by atoms with van der Waals surface area (Å²) in [5.41, 5.74) is 0.881. The van der Waals surface area contributed by atoms with Crippen LogP contribution < -0.4 is 5.32 Å². The van der Waals surface area contributed by atoms with Crippen LogP contribution in [-0.2, 0) is 5.60 Å². The van der Waals surface area contributed by atoms with E-state index in [-0.39, 0.29) is 5.28 Å². The van der Waals surface area contributed by atoms with Crippen LogP contribution in [0.1, 0.15) is 25.2 Å². The van der Waals surface area contributed by atoms with Gasteiger partial charge in [-0.3, -0.25) is 4.98 Å². The van der Waals surface area contributed by atoms with Gasteiger partial charge in [-0.2, -0.15) is 4.98 Å². The first-order valence-corrected chi connectivity index (χ1v) is 6.06. The van der Waals surface area contributed by atoms with Crippen molar-refractivity contribution in [1.29, 1.82) is 0 Å². The van der Waals surface area contributed by atoms with E-state index in [1.165, 1.54) is 6.33 Å². The standard InChI is InChI=1S/C12H14ClN5O/c1-7-4-5-8(9(16-7)12(2,3)19)17-11-15-6-14-10(13)18-11/h4-6,19H,1-3H3,(H,14,15,17,18). The summed E-state index contributed by atoms with van der Waals surface area (Å²) in [6.45, 7) is 5.19. The third-order valence-electron chi connectivity index (χ3n) is 2.40. The Bertz CT molecular complexity index is 597. The van der Waals surface area contributed by atoms with Crippen LogP contribution in [0.2, 0.25) is 5.28 Å². The quantitative estimate of drug-likeness (QED) is 0.896. The second kappa shape index (κ2) is 5.07. The molecule has 2 rings (SSSR count). The highest BCUT2D eigenvalue weighted by atomic mass is 35.5. The number of nitrogens with zero attached hydrogens (tertiary/aromatic N) is 4. The maximum Gasteiger partial charge on any atom is 0.231 e. The first kappa shape index (κ1) is 13.6. The molecule has 100 valence electrons. The zero-order valence-corrected chi connectivity index (χ0v) is 11.6. The van der Waals surface area contributed by atoms with E-state index in [1.54, 1.807) is 13.8 Å². The molecule has 0 unspecified atom stereocenters. The van der Waals surface area contributed by atoms with Crippen LogP contribution in [0.15, 0.2) is 18.5 Å². The third-order valence-corrected chi connectivity index (χ3v) is 2.59. The molecule has 2 heterocycles. The lowest BCUT2D eigenvalue weighted by Gasteiger charge is -2.21. The average Bonchev–Trinajstić information content (AvgIpc) is 2.30. The molecule has 0 bridgehead atoms. The number of aliphatic hydroxyl groups is 1. The van der Waals surface area contributed by atoms with Gasteiger partial charge in [-0.05, 0) is 44.5 Å². The first-order chi connectivity index (χ1) is 8.86. The molecule has 2 aromatic heterocycles. The van der Waals surface area contributed by atoms with E-state index < -0.39 is 5.60 Å². The minimum atomic E-state index is -1.08. The molecule has 7 heteroatoms. The Morgan fingerprint density at radius 1 is 1.21 bits per heavy atom. The molecule has 0 radical (unpaired) electrons. The fourth-order valence-corrected chi connectivity index (χ4v) is 1.70. The Morgan fingerprint density at radius 2 is 1.95 bits per heavy atom. The zero-order chi connectivity index (χ0) is 14.0. The molecule has 2 N–H and O–H groups in total. The smallest absolute Gasteiger partial charge is 0.231 e. The van der Waals surface area contributed by atoms with Crippen molar-refractivity contribution in [3.05, 3.63) is 35.1 Å². The van der Waals surface area contributed by atoms with Gasteiger partial charge in [-0.15, -0.1) is 0 Å². The van der Waals surface area contributed by atoms with Gasteiger partial charge in [0.25, 0.3) is 0 Å². The first-order valence-electron chi connectivity index (χ1n) is 5.68. The predicted molar refractivity (Wildman–Crippen MR) is 72.3 cm³/mol. The van der Waals surface area contributed by atoms with Crippen LogP contribution in [0.3, 0.4) is 0 Å². The third kappa shape index (κ3) is 3.36. The summed E-state index contributed by atoms with van der Waals surface area (Å²) in [5, 5.41) is 13.2. The number of aromatic nitrogens is 4. The number of hydrogen-bond donors (Lipinski definition) is 2. The monoisotopic (exact) mass is 279 g/mol. The van der Waals surface area contributed by atoms with Gasteiger partial charge in [-0.25, -0.2) is 9.97 Å². The fraction of sp³-hybridized carbons (Fsp3) is 0.333. The van der Waals surface area contributed by atoms with E-state index in [4.69, 9.17) is 11.6 Å². The maximum atomic E-state index is 10.1. The zero-order valence-electron chi connectivity index (χ0n) is 10.8. The molecular weight excluding hydrogens is 266 g/mol. The normalized spacial score (nSPS) is 11.4. The van der Waals surface area contributed by atoms with Gasteiger partial charge in [0.15, 0.2) is 0 Å². The van der Waals surface area contributed by atoms with Crippen LogP contribution in [-0.4, -0.2) is 25.0 Å². The summed E-state index contributed by atoms with van der Waals surface area (Å²) in [4.78, 5) is 15.9. The van der Waals surface area contributed by atoms with E-state index in [9.17, 15) is 5.11 Å². The molecule has 0 atom stereocenters. The van der Waals surface area contributed by atoms with Crippen molar-refractivity contribution in [2.75, 3.05) is 5.32 Å². The van der Waals surface area contributed by atoms with Crippen LogP contribution in [0.25, 0.3) is 0 Å². The van der Waals surface area contributed by atoms with E-state index in [0.29, 0.717) is 17.3 Å². The minimum Gasteiger partial charge on any atom is -0.384 e. The number of aryl methyl sites for hydroxylation is 1. The van der Waals surface area contributed by atoms with Gasteiger partial charge in [0, 0.05) is 5.69 Å². The number of pyridine rings is 1. The summed E-state index contributed by atoms with van der Waals surface area (Å²) < 4.78 is 0. The van der Waals surface area contributed by atoms with Crippen molar-refractivity contribution in [3.63, 3.8) is 0 Å².